The molecule has 0 saturated heterocycles. The number of aromatic hydroxyl groups is 2. The Balaban J connectivity index is 2.32. The first-order chi connectivity index (χ1) is 10.7. The Kier molecular flexibility index (Phi) is 4.60. The first-order valence-electron chi connectivity index (χ1n) is 6.86. The standard InChI is InChI=1S/C16H18N2O4S/c1-10-4-5-11(2)16(6-10)23(21,22)18-17-12(3)13-7-14(19)9-15(20)8-13/h4-9,18-20H,1-3H3. The lowest BCUT2D eigenvalue weighted by molar-refractivity contribution is 0.450. The van der Waals surface area contributed by atoms with Crippen LogP contribution in [0.15, 0.2) is 46.4 Å². The van der Waals surface area contributed by atoms with Gasteiger partial charge in [0.1, 0.15) is 11.5 Å². The third-order valence-electron chi connectivity index (χ3n) is 3.29. The number of hydrazone groups is 1. The zero-order valence-electron chi connectivity index (χ0n) is 13.0. The molecule has 3 N–H and O–H groups in total. The number of nitrogens with one attached hydrogen (secondary N) is 1. The van der Waals surface area contributed by atoms with Crippen LogP contribution in [0.3, 0.4) is 0 Å². The molecule has 2 aromatic rings. The molecular weight excluding hydrogens is 316 g/mol. The summed E-state index contributed by atoms with van der Waals surface area (Å²) in [7, 11) is -3.80. The second-order valence-corrected chi connectivity index (χ2v) is 6.93. The van der Waals surface area contributed by atoms with Gasteiger partial charge >= 0.3 is 0 Å². The molecule has 2 aromatic carbocycles. The molecule has 0 aliphatic rings. The molecule has 0 atom stereocenters. The molecule has 0 radical (unpaired) electrons. The van der Waals surface area contributed by atoms with Gasteiger partial charge in [-0.2, -0.15) is 18.4 Å². The summed E-state index contributed by atoms with van der Waals surface area (Å²) in [6.07, 6.45) is 0. The van der Waals surface area contributed by atoms with Gasteiger partial charge in [-0.1, -0.05) is 12.1 Å². The number of rotatable bonds is 4. The Hall–Kier alpha value is -2.54. The quantitative estimate of drug-likeness (QED) is 0.590. The SMILES string of the molecule is CC(=NNS(=O)(=O)c1cc(C)ccc1C)c1cc(O)cc(O)c1. The highest BCUT2D eigenvalue weighted by atomic mass is 32.2. The van der Waals surface area contributed by atoms with E-state index in [0.717, 1.165) is 5.56 Å². The molecule has 23 heavy (non-hydrogen) atoms. The van der Waals surface area contributed by atoms with E-state index < -0.39 is 10.0 Å². The van der Waals surface area contributed by atoms with E-state index in [9.17, 15) is 18.6 Å². The largest absolute Gasteiger partial charge is 0.508 e. The molecule has 0 fully saturated rings. The van der Waals surface area contributed by atoms with Crippen molar-refractivity contribution in [2.24, 2.45) is 5.10 Å². The molecule has 0 heterocycles. The minimum atomic E-state index is -3.80. The maximum absolute atomic E-state index is 12.4. The highest BCUT2D eigenvalue weighted by Crippen LogP contribution is 2.21. The van der Waals surface area contributed by atoms with Gasteiger partial charge in [-0.05, 0) is 50.1 Å². The Labute approximate surface area is 135 Å². The monoisotopic (exact) mass is 334 g/mol. The lowest BCUT2D eigenvalue weighted by atomic mass is 10.1. The van der Waals surface area contributed by atoms with Gasteiger partial charge in [0, 0.05) is 11.6 Å². The minimum absolute atomic E-state index is 0.132. The van der Waals surface area contributed by atoms with E-state index in [1.807, 2.05) is 13.0 Å². The van der Waals surface area contributed by atoms with Gasteiger partial charge in [-0.25, -0.2) is 0 Å². The van der Waals surface area contributed by atoms with Crippen molar-refractivity contribution in [2.75, 3.05) is 0 Å². The van der Waals surface area contributed by atoms with Gasteiger partial charge in [-0.15, -0.1) is 0 Å². The predicted molar refractivity (Wildman–Crippen MR) is 88.2 cm³/mol. The molecule has 0 aliphatic heterocycles. The summed E-state index contributed by atoms with van der Waals surface area (Å²) in [6.45, 7) is 5.08. The second-order valence-electron chi connectivity index (χ2n) is 5.30. The van der Waals surface area contributed by atoms with E-state index in [1.165, 1.54) is 18.2 Å². The Morgan fingerprint density at radius 1 is 1.04 bits per heavy atom. The van der Waals surface area contributed by atoms with Crippen LogP contribution in [-0.2, 0) is 10.0 Å². The summed E-state index contributed by atoms with van der Waals surface area (Å²) < 4.78 is 24.7. The Morgan fingerprint density at radius 2 is 1.65 bits per heavy atom. The van der Waals surface area contributed by atoms with Crippen LogP contribution < -0.4 is 4.83 Å². The average Bonchev–Trinajstić information content (AvgIpc) is 2.46. The summed E-state index contributed by atoms with van der Waals surface area (Å²) in [5, 5.41) is 22.8. The number of hydrogen-bond donors (Lipinski definition) is 3. The Morgan fingerprint density at radius 3 is 2.26 bits per heavy atom. The third-order valence-corrected chi connectivity index (χ3v) is 4.64. The molecule has 0 amide bonds. The van der Waals surface area contributed by atoms with Crippen molar-refractivity contribution in [1.82, 2.24) is 4.83 Å². The molecule has 7 heteroatoms. The van der Waals surface area contributed by atoms with Gasteiger partial charge in [0.05, 0.1) is 10.6 Å². The molecule has 2 rings (SSSR count). The molecule has 122 valence electrons. The molecule has 0 aliphatic carbocycles. The predicted octanol–water partition coefficient (Wildman–Crippen LogP) is 2.42. The number of sulfonamides is 1. The van der Waals surface area contributed by atoms with Crippen molar-refractivity contribution in [3.8, 4) is 11.5 Å². The zero-order valence-corrected chi connectivity index (χ0v) is 13.8. The lowest BCUT2D eigenvalue weighted by Gasteiger charge is -2.09. The van der Waals surface area contributed by atoms with E-state index >= 15 is 0 Å². The van der Waals surface area contributed by atoms with Crippen molar-refractivity contribution < 1.29 is 18.6 Å². The first-order valence-corrected chi connectivity index (χ1v) is 8.34. The summed E-state index contributed by atoms with van der Waals surface area (Å²) in [4.78, 5) is 2.34. The molecule has 0 spiro atoms. The maximum atomic E-state index is 12.4. The number of phenolic OH excluding ortho intramolecular Hbond substituents is 2. The minimum Gasteiger partial charge on any atom is -0.508 e. The highest BCUT2D eigenvalue weighted by Gasteiger charge is 2.16. The smallest absolute Gasteiger partial charge is 0.276 e. The fourth-order valence-corrected chi connectivity index (χ4v) is 3.23. The molecule has 6 nitrogen and oxygen atoms in total. The second kappa shape index (κ2) is 6.29. The van der Waals surface area contributed by atoms with Crippen molar-refractivity contribution in [3.63, 3.8) is 0 Å². The lowest BCUT2D eigenvalue weighted by Crippen LogP contribution is -2.21. The van der Waals surface area contributed by atoms with Crippen LogP contribution in [0.4, 0.5) is 0 Å². The summed E-state index contributed by atoms with van der Waals surface area (Å²) in [5.41, 5.74) is 2.16. The normalized spacial score (nSPS) is 12.2. The van der Waals surface area contributed by atoms with E-state index in [-0.39, 0.29) is 16.4 Å². The van der Waals surface area contributed by atoms with Crippen LogP contribution in [0.25, 0.3) is 0 Å². The number of aryl methyl sites for hydroxylation is 2. The van der Waals surface area contributed by atoms with Crippen LogP contribution in [0.5, 0.6) is 11.5 Å². The number of phenols is 2. The van der Waals surface area contributed by atoms with Crippen LogP contribution >= 0.6 is 0 Å². The average molecular weight is 334 g/mol. The van der Waals surface area contributed by atoms with Gasteiger partial charge < -0.3 is 10.2 Å². The van der Waals surface area contributed by atoms with Crippen LogP contribution in [-0.4, -0.2) is 24.3 Å². The van der Waals surface area contributed by atoms with Crippen molar-refractivity contribution >= 4 is 15.7 Å². The maximum Gasteiger partial charge on any atom is 0.276 e. The number of benzene rings is 2. The summed E-state index contributed by atoms with van der Waals surface area (Å²) in [5.74, 6) is -0.265. The number of hydrogen-bond acceptors (Lipinski definition) is 5. The van der Waals surface area contributed by atoms with E-state index in [2.05, 4.69) is 9.93 Å². The van der Waals surface area contributed by atoms with Crippen molar-refractivity contribution in [1.29, 1.82) is 0 Å². The summed E-state index contributed by atoms with van der Waals surface area (Å²) in [6, 6.07) is 9.07. The van der Waals surface area contributed by atoms with E-state index in [4.69, 9.17) is 0 Å². The van der Waals surface area contributed by atoms with Gasteiger partial charge in [-0.3, -0.25) is 0 Å². The fraction of sp³-hybridized carbons (Fsp3) is 0.188. The van der Waals surface area contributed by atoms with Crippen molar-refractivity contribution in [3.05, 3.63) is 53.1 Å². The van der Waals surface area contributed by atoms with Gasteiger partial charge in [0.2, 0.25) is 0 Å². The van der Waals surface area contributed by atoms with E-state index in [0.29, 0.717) is 16.8 Å². The van der Waals surface area contributed by atoms with Crippen LogP contribution in [0.1, 0.15) is 23.6 Å². The Bertz CT molecular complexity index is 853. The van der Waals surface area contributed by atoms with E-state index in [1.54, 1.807) is 26.0 Å². The topological polar surface area (TPSA) is 99.0 Å². The fourth-order valence-electron chi connectivity index (χ4n) is 2.04. The molecule has 0 aromatic heterocycles. The van der Waals surface area contributed by atoms with Crippen LogP contribution in [0, 0.1) is 13.8 Å². The molecule has 0 bridgehead atoms. The van der Waals surface area contributed by atoms with Gasteiger partial charge in [0.15, 0.2) is 0 Å². The van der Waals surface area contributed by atoms with Gasteiger partial charge in [0.25, 0.3) is 10.0 Å². The molecule has 0 unspecified atom stereocenters. The molecule has 0 saturated carbocycles. The highest BCUT2D eigenvalue weighted by molar-refractivity contribution is 7.89. The summed E-state index contributed by atoms with van der Waals surface area (Å²) >= 11 is 0. The van der Waals surface area contributed by atoms with Crippen LogP contribution in [0.2, 0.25) is 0 Å². The third kappa shape index (κ3) is 4.01. The zero-order chi connectivity index (χ0) is 17.2. The first kappa shape index (κ1) is 16.8. The number of nitrogens with zero attached hydrogens (tertiary/aromatic N) is 1. The molecular formula is C16H18N2O4S. The van der Waals surface area contributed by atoms with Crippen molar-refractivity contribution in [2.45, 2.75) is 25.7 Å².